The number of likely N-dealkylation sites (tertiary alicyclic amines) is 1. The molecule has 3 nitrogen and oxygen atoms in total. The van der Waals surface area contributed by atoms with E-state index >= 15 is 0 Å². The molecule has 0 aromatic heterocycles. The Hall–Kier alpha value is -0.570. The summed E-state index contributed by atoms with van der Waals surface area (Å²) in [5, 5.41) is 3.36. The van der Waals surface area contributed by atoms with Crippen LogP contribution in [0.3, 0.4) is 0 Å². The molecule has 0 aromatic rings. The summed E-state index contributed by atoms with van der Waals surface area (Å²) in [7, 11) is 0. The predicted molar refractivity (Wildman–Crippen MR) is 74.4 cm³/mol. The molecule has 0 radical (unpaired) electrons. The maximum Gasteiger partial charge on any atom is 0.222 e. The standard InChI is InChI=1S/C15H28N2O/c1-12(2)14-5-9-17(10-6-14)15(18)11-13-3-7-16-8-4-13/h12-14,16H,3-11H2,1-2H3. The van der Waals surface area contributed by atoms with Crippen molar-refractivity contribution in [1.82, 2.24) is 10.2 Å². The Balaban J connectivity index is 1.73. The second-order valence-electron chi connectivity index (χ2n) is 6.36. The summed E-state index contributed by atoms with van der Waals surface area (Å²) in [4.78, 5) is 14.4. The SMILES string of the molecule is CC(C)C1CCN(C(=O)CC2CCNCC2)CC1. The zero-order chi connectivity index (χ0) is 13.0. The first-order valence-corrected chi connectivity index (χ1v) is 7.65. The van der Waals surface area contributed by atoms with Crippen molar-refractivity contribution in [2.45, 2.75) is 46.0 Å². The lowest BCUT2D eigenvalue weighted by atomic mass is 9.86. The third-order valence-electron chi connectivity index (χ3n) is 4.76. The van der Waals surface area contributed by atoms with Crippen LogP contribution < -0.4 is 5.32 Å². The summed E-state index contributed by atoms with van der Waals surface area (Å²) in [6, 6.07) is 0. The van der Waals surface area contributed by atoms with Gasteiger partial charge < -0.3 is 10.2 Å². The van der Waals surface area contributed by atoms with E-state index in [-0.39, 0.29) is 0 Å². The van der Waals surface area contributed by atoms with E-state index in [0.717, 1.165) is 44.4 Å². The zero-order valence-electron chi connectivity index (χ0n) is 12.0. The molecule has 2 saturated heterocycles. The Bertz CT molecular complexity index is 264. The van der Waals surface area contributed by atoms with Gasteiger partial charge in [-0.05, 0) is 56.5 Å². The fraction of sp³-hybridized carbons (Fsp3) is 0.933. The Morgan fingerprint density at radius 1 is 1.17 bits per heavy atom. The van der Waals surface area contributed by atoms with Gasteiger partial charge in [0.05, 0.1) is 0 Å². The van der Waals surface area contributed by atoms with Crippen LogP contribution in [0.1, 0.15) is 46.0 Å². The summed E-state index contributed by atoms with van der Waals surface area (Å²) in [6.07, 6.45) is 5.54. The molecule has 0 aromatic carbocycles. The highest BCUT2D eigenvalue weighted by Gasteiger charge is 2.26. The van der Waals surface area contributed by atoms with Gasteiger partial charge in [-0.2, -0.15) is 0 Å². The van der Waals surface area contributed by atoms with Gasteiger partial charge in [-0.1, -0.05) is 13.8 Å². The lowest BCUT2D eigenvalue weighted by Crippen LogP contribution is -2.41. The highest BCUT2D eigenvalue weighted by atomic mass is 16.2. The van der Waals surface area contributed by atoms with Crippen molar-refractivity contribution in [3.63, 3.8) is 0 Å². The van der Waals surface area contributed by atoms with Crippen molar-refractivity contribution in [2.24, 2.45) is 17.8 Å². The maximum atomic E-state index is 12.2. The Kier molecular flexibility index (Phi) is 5.04. The summed E-state index contributed by atoms with van der Waals surface area (Å²) >= 11 is 0. The minimum atomic E-state index is 0.407. The monoisotopic (exact) mass is 252 g/mol. The first-order chi connectivity index (χ1) is 8.66. The van der Waals surface area contributed by atoms with Crippen LogP contribution >= 0.6 is 0 Å². The van der Waals surface area contributed by atoms with Crippen molar-refractivity contribution >= 4 is 5.91 Å². The first-order valence-electron chi connectivity index (χ1n) is 7.65. The highest BCUT2D eigenvalue weighted by Crippen LogP contribution is 2.26. The summed E-state index contributed by atoms with van der Waals surface area (Å²) in [6.45, 7) is 8.77. The van der Waals surface area contributed by atoms with Crippen molar-refractivity contribution in [3.8, 4) is 0 Å². The van der Waals surface area contributed by atoms with Gasteiger partial charge in [0, 0.05) is 19.5 Å². The Labute approximate surface area is 111 Å². The fourth-order valence-corrected chi connectivity index (χ4v) is 3.28. The van der Waals surface area contributed by atoms with Gasteiger partial charge in [0.25, 0.3) is 0 Å². The minimum Gasteiger partial charge on any atom is -0.343 e. The van der Waals surface area contributed by atoms with Crippen LogP contribution in [0.4, 0.5) is 0 Å². The molecule has 2 heterocycles. The van der Waals surface area contributed by atoms with E-state index < -0.39 is 0 Å². The summed E-state index contributed by atoms with van der Waals surface area (Å²) in [5.41, 5.74) is 0. The second kappa shape index (κ2) is 6.55. The molecular formula is C15H28N2O. The molecule has 18 heavy (non-hydrogen) atoms. The molecule has 2 rings (SSSR count). The molecule has 0 bridgehead atoms. The van der Waals surface area contributed by atoms with Crippen LogP contribution in [0.15, 0.2) is 0 Å². The average molecular weight is 252 g/mol. The molecule has 2 aliphatic rings. The smallest absolute Gasteiger partial charge is 0.222 e. The van der Waals surface area contributed by atoms with Gasteiger partial charge in [0.15, 0.2) is 0 Å². The molecule has 2 fully saturated rings. The minimum absolute atomic E-state index is 0.407. The number of piperidine rings is 2. The van der Waals surface area contributed by atoms with Crippen molar-refractivity contribution in [3.05, 3.63) is 0 Å². The Morgan fingerprint density at radius 3 is 2.33 bits per heavy atom. The third-order valence-corrected chi connectivity index (χ3v) is 4.76. The molecule has 3 heteroatoms. The van der Waals surface area contributed by atoms with Crippen LogP contribution in [0.2, 0.25) is 0 Å². The lowest BCUT2D eigenvalue weighted by molar-refractivity contribution is -0.134. The summed E-state index contributed by atoms with van der Waals surface area (Å²) in [5.74, 6) is 2.63. The van der Waals surface area contributed by atoms with Crippen LogP contribution in [-0.2, 0) is 4.79 Å². The molecule has 2 aliphatic heterocycles. The van der Waals surface area contributed by atoms with Crippen molar-refractivity contribution in [2.75, 3.05) is 26.2 Å². The van der Waals surface area contributed by atoms with Crippen LogP contribution in [0.25, 0.3) is 0 Å². The van der Waals surface area contributed by atoms with Gasteiger partial charge in [-0.3, -0.25) is 4.79 Å². The quantitative estimate of drug-likeness (QED) is 0.835. The van der Waals surface area contributed by atoms with Crippen molar-refractivity contribution < 1.29 is 4.79 Å². The normalized spacial score (nSPS) is 23.6. The number of hydrogen-bond acceptors (Lipinski definition) is 2. The number of carbonyl (C=O) groups is 1. The molecule has 0 aliphatic carbocycles. The number of hydrogen-bond donors (Lipinski definition) is 1. The van der Waals surface area contributed by atoms with E-state index in [0.29, 0.717) is 11.8 Å². The van der Waals surface area contributed by atoms with E-state index in [9.17, 15) is 4.79 Å². The predicted octanol–water partition coefficient (Wildman–Crippen LogP) is 2.27. The van der Waals surface area contributed by atoms with E-state index in [2.05, 4.69) is 24.1 Å². The van der Waals surface area contributed by atoms with Gasteiger partial charge in [-0.25, -0.2) is 0 Å². The molecule has 0 atom stereocenters. The van der Waals surface area contributed by atoms with Gasteiger partial charge in [-0.15, -0.1) is 0 Å². The largest absolute Gasteiger partial charge is 0.343 e. The lowest BCUT2D eigenvalue weighted by Gasteiger charge is -2.35. The number of nitrogens with zero attached hydrogens (tertiary/aromatic N) is 1. The molecule has 0 saturated carbocycles. The van der Waals surface area contributed by atoms with Gasteiger partial charge in [0.2, 0.25) is 5.91 Å². The number of nitrogens with one attached hydrogen (secondary N) is 1. The fourth-order valence-electron chi connectivity index (χ4n) is 3.28. The third kappa shape index (κ3) is 3.71. The van der Waals surface area contributed by atoms with E-state index in [1.165, 1.54) is 25.7 Å². The molecule has 0 unspecified atom stereocenters. The van der Waals surface area contributed by atoms with E-state index in [1.54, 1.807) is 0 Å². The number of rotatable bonds is 3. The molecular weight excluding hydrogens is 224 g/mol. The summed E-state index contributed by atoms with van der Waals surface area (Å²) < 4.78 is 0. The second-order valence-corrected chi connectivity index (χ2v) is 6.36. The average Bonchev–Trinajstić information content (AvgIpc) is 2.40. The highest BCUT2D eigenvalue weighted by molar-refractivity contribution is 5.76. The Morgan fingerprint density at radius 2 is 1.78 bits per heavy atom. The van der Waals surface area contributed by atoms with Gasteiger partial charge in [0.1, 0.15) is 0 Å². The van der Waals surface area contributed by atoms with Crippen LogP contribution in [0, 0.1) is 17.8 Å². The zero-order valence-corrected chi connectivity index (χ0v) is 12.0. The van der Waals surface area contributed by atoms with E-state index in [1.807, 2.05) is 0 Å². The van der Waals surface area contributed by atoms with Gasteiger partial charge >= 0.3 is 0 Å². The molecule has 104 valence electrons. The molecule has 1 N–H and O–H groups in total. The van der Waals surface area contributed by atoms with E-state index in [4.69, 9.17) is 0 Å². The van der Waals surface area contributed by atoms with Crippen molar-refractivity contribution in [1.29, 1.82) is 0 Å². The molecule has 0 spiro atoms. The topological polar surface area (TPSA) is 32.3 Å². The van der Waals surface area contributed by atoms with Crippen LogP contribution in [-0.4, -0.2) is 37.0 Å². The number of amides is 1. The molecule has 1 amide bonds. The maximum absolute atomic E-state index is 12.2. The number of carbonyl (C=O) groups excluding carboxylic acids is 1. The first kappa shape index (κ1) is 13.9. The van der Waals surface area contributed by atoms with Crippen LogP contribution in [0.5, 0.6) is 0 Å².